The van der Waals surface area contributed by atoms with Gasteiger partial charge >= 0.3 is 0 Å². The summed E-state index contributed by atoms with van der Waals surface area (Å²) in [6, 6.07) is 7.36. The van der Waals surface area contributed by atoms with Crippen LogP contribution in [0.3, 0.4) is 0 Å². The lowest BCUT2D eigenvalue weighted by Gasteiger charge is -2.09. The van der Waals surface area contributed by atoms with Gasteiger partial charge in [-0.3, -0.25) is 0 Å². The first-order valence-electron chi connectivity index (χ1n) is 6.48. The molecule has 21 heavy (non-hydrogen) atoms. The molecule has 0 amide bonds. The average molecular weight is 292 g/mol. The lowest BCUT2D eigenvalue weighted by molar-refractivity contribution is 0.144. The molecule has 0 radical (unpaired) electrons. The highest BCUT2D eigenvalue weighted by atomic mass is 19.1. The quantitative estimate of drug-likeness (QED) is 0.768. The van der Waals surface area contributed by atoms with Gasteiger partial charge in [-0.15, -0.1) is 0 Å². The fourth-order valence-electron chi connectivity index (χ4n) is 1.69. The van der Waals surface area contributed by atoms with Crippen LogP contribution >= 0.6 is 0 Å². The van der Waals surface area contributed by atoms with Crippen molar-refractivity contribution >= 4 is 5.69 Å². The van der Waals surface area contributed by atoms with Crippen LogP contribution in [0.4, 0.5) is 10.1 Å². The highest BCUT2D eigenvalue weighted by Crippen LogP contribution is 2.19. The van der Waals surface area contributed by atoms with Crippen molar-refractivity contribution < 1.29 is 19.0 Å². The van der Waals surface area contributed by atoms with Gasteiger partial charge in [-0.2, -0.15) is 0 Å². The molecule has 0 fully saturated rings. The molecular weight excluding hydrogens is 275 g/mol. The van der Waals surface area contributed by atoms with Crippen molar-refractivity contribution in [2.24, 2.45) is 0 Å². The maximum absolute atomic E-state index is 13.1. The summed E-state index contributed by atoms with van der Waals surface area (Å²) in [5.74, 6) is 0.173. The normalized spacial score (nSPS) is 10.4. The monoisotopic (exact) mass is 292 g/mol. The van der Waals surface area contributed by atoms with Crippen LogP contribution in [0.5, 0.6) is 11.6 Å². The molecule has 0 aliphatic carbocycles. The number of anilines is 1. The maximum Gasteiger partial charge on any atom is 0.213 e. The highest BCUT2D eigenvalue weighted by Gasteiger charge is 2.03. The largest absolute Gasteiger partial charge is 0.508 e. The Morgan fingerprint density at radius 2 is 2.10 bits per heavy atom. The van der Waals surface area contributed by atoms with E-state index in [1.54, 1.807) is 25.4 Å². The van der Waals surface area contributed by atoms with Crippen LogP contribution in [-0.2, 0) is 11.3 Å². The molecule has 5 nitrogen and oxygen atoms in total. The molecule has 0 aliphatic rings. The number of aromatic hydroxyl groups is 1. The second-order valence-electron chi connectivity index (χ2n) is 4.35. The van der Waals surface area contributed by atoms with E-state index in [0.29, 0.717) is 31.2 Å². The summed E-state index contributed by atoms with van der Waals surface area (Å²) >= 11 is 0. The second kappa shape index (κ2) is 7.44. The molecule has 0 spiro atoms. The first-order valence-corrected chi connectivity index (χ1v) is 6.48. The van der Waals surface area contributed by atoms with Crippen LogP contribution < -0.4 is 10.1 Å². The Morgan fingerprint density at radius 1 is 1.24 bits per heavy atom. The summed E-state index contributed by atoms with van der Waals surface area (Å²) in [6.07, 6.45) is 1.61. The number of nitrogens with one attached hydrogen (secondary N) is 1. The zero-order chi connectivity index (χ0) is 15.1. The molecule has 0 aliphatic heterocycles. The van der Waals surface area contributed by atoms with Gasteiger partial charge in [0.2, 0.25) is 5.88 Å². The van der Waals surface area contributed by atoms with Gasteiger partial charge in [0, 0.05) is 25.3 Å². The van der Waals surface area contributed by atoms with Gasteiger partial charge in [0.05, 0.1) is 18.5 Å². The molecule has 2 aromatic rings. The van der Waals surface area contributed by atoms with Gasteiger partial charge in [-0.1, -0.05) is 0 Å². The van der Waals surface area contributed by atoms with Crippen LogP contribution in [0.25, 0.3) is 0 Å². The highest BCUT2D eigenvalue weighted by molar-refractivity contribution is 5.44. The summed E-state index contributed by atoms with van der Waals surface area (Å²) in [5, 5.41) is 12.7. The topological polar surface area (TPSA) is 63.6 Å². The lowest BCUT2D eigenvalue weighted by atomic mass is 10.2. The van der Waals surface area contributed by atoms with Crippen LogP contribution in [0.15, 0.2) is 36.5 Å². The Kier molecular flexibility index (Phi) is 5.34. The van der Waals surface area contributed by atoms with Crippen molar-refractivity contribution in [1.82, 2.24) is 4.98 Å². The zero-order valence-electron chi connectivity index (χ0n) is 11.7. The first-order chi connectivity index (χ1) is 10.2. The number of methoxy groups -OCH3 is 1. The van der Waals surface area contributed by atoms with Gasteiger partial charge < -0.3 is 19.9 Å². The molecule has 0 saturated heterocycles. The summed E-state index contributed by atoms with van der Waals surface area (Å²) in [6.45, 7) is 1.24. The van der Waals surface area contributed by atoms with E-state index in [1.165, 1.54) is 18.2 Å². The number of hydrogen-bond donors (Lipinski definition) is 2. The smallest absolute Gasteiger partial charge is 0.213 e. The summed E-state index contributed by atoms with van der Waals surface area (Å²) in [5.41, 5.74) is 1.23. The Morgan fingerprint density at radius 3 is 2.81 bits per heavy atom. The zero-order valence-corrected chi connectivity index (χ0v) is 11.7. The molecule has 0 bridgehead atoms. The van der Waals surface area contributed by atoms with Gasteiger partial charge in [0.1, 0.15) is 18.2 Å². The Labute approximate surface area is 122 Å². The SMILES string of the molecule is COCCOc1ccc(NCc2cc(F)ccc2O)cn1. The number of hydrogen-bond acceptors (Lipinski definition) is 5. The van der Waals surface area contributed by atoms with E-state index < -0.39 is 0 Å². The number of benzene rings is 1. The standard InChI is InChI=1S/C15H17FN2O3/c1-20-6-7-21-15-5-3-13(10-18-15)17-9-11-8-12(16)2-4-14(11)19/h2-5,8,10,17,19H,6-7,9H2,1H3. The van der Waals surface area contributed by atoms with Gasteiger partial charge in [0.25, 0.3) is 0 Å². The third-order valence-electron chi connectivity index (χ3n) is 2.80. The minimum absolute atomic E-state index is 0.0522. The second-order valence-corrected chi connectivity index (χ2v) is 4.35. The molecule has 0 saturated carbocycles. The van der Waals surface area contributed by atoms with Gasteiger partial charge in [0.15, 0.2) is 0 Å². The van der Waals surface area contributed by atoms with Crippen molar-refractivity contribution in [3.8, 4) is 11.6 Å². The Hall–Kier alpha value is -2.34. The number of aromatic nitrogens is 1. The fourth-order valence-corrected chi connectivity index (χ4v) is 1.69. The number of ether oxygens (including phenoxy) is 2. The number of phenolic OH excluding ortho intramolecular Hbond substituents is 1. The molecule has 2 N–H and O–H groups in total. The first kappa shape index (κ1) is 15.1. The number of phenols is 1. The summed E-state index contributed by atoms with van der Waals surface area (Å²) in [7, 11) is 1.60. The molecule has 1 heterocycles. The van der Waals surface area contributed by atoms with Crippen molar-refractivity contribution in [1.29, 1.82) is 0 Å². The van der Waals surface area contributed by atoms with E-state index in [9.17, 15) is 9.50 Å². The van der Waals surface area contributed by atoms with Crippen LogP contribution in [-0.4, -0.2) is 30.4 Å². The van der Waals surface area contributed by atoms with E-state index in [-0.39, 0.29) is 11.6 Å². The predicted octanol–water partition coefficient (Wildman–Crippen LogP) is 2.56. The minimum atomic E-state index is -0.385. The molecular formula is C15H17FN2O3. The molecule has 2 rings (SSSR count). The molecule has 6 heteroatoms. The van der Waals surface area contributed by atoms with E-state index in [1.807, 2.05) is 0 Å². The number of pyridine rings is 1. The number of rotatable bonds is 7. The lowest BCUT2D eigenvalue weighted by Crippen LogP contribution is -2.05. The number of nitrogens with zero attached hydrogens (tertiary/aromatic N) is 1. The average Bonchev–Trinajstić information content (AvgIpc) is 2.50. The van der Waals surface area contributed by atoms with E-state index >= 15 is 0 Å². The van der Waals surface area contributed by atoms with Crippen molar-refractivity contribution in [2.75, 3.05) is 25.6 Å². The van der Waals surface area contributed by atoms with Crippen molar-refractivity contribution in [3.05, 3.63) is 47.9 Å². The minimum Gasteiger partial charge on any atom is -0.508 e. The van der Waals surface area contributed by atoms with Gasteiger partial charge in [-0.05, 0) is 24.3 Å². The third-order valence-corrected chi connectivity index (χ3v) is 2.80. The Balaban J connectivity index is 1.90. The third kappa shape index (κ3) is 4.61. The molecule has 0 atom stereocenters. The summed E-state index contributed by atoms with van der Waals surface area (Å²) < 4.78 is 23.3. The maximum atomic E-state index is 13.1. The molecule has 1 aromatic heterocycles. The molecule has 0 unspecified atom stereocenters. The predicted molar refractivity (Wildman–Crippen MR) is 77.0 cm³/mol. The van der Waals surface area contributed by atoms with Crippen molar-refractivity contribution in [2.45, 2.75) is 6.54 Å². The summed E-state index contributed by atoms with van der Waals surface area (Å²) in [4.78, 5) is 4.13. The molecule has 112 valence electrons. The molecule has 1 aromatic carbocycles. The van der Waals surface area contributed by atoms with Crippen LogP contribution in [0.2, 0.25) is 0 Å². The van der Waals surface area contributed by atoms with Crippen molar-refractivity contribution in [3.63, 3.8) is 0 Å². The van der Waals surface area contributed by atoms with E-state index in [4.69, 9.17) is 9.47 Å². The Bertz CT molecular complexity index is 576. The van der Waals surface area contributed by atoms with E-state index in [2.05, 4.69) is 10.3 Å². The number of halogens is 1. The van der Waals surface area contributed by atoms with Crippen LogP contribution in [0.1, 0.15) is 5.56 Å². The van der Waals surface area contributed by atoms with E-state index in [0.717, 1.165) is 5.69 Å². The fraction of sp³-hybridized carbons (Fsp3) is 0.267. The van der Waals surface area contributed by atoms with Crippen LogP contribution in [0, 0.1) is 5.82 Å². The van der Waals surface area contributed by atoms with Gasteiger partial charge in [-0.25, -0.2) is 9.37 Å².